The number of para-hydroxylation sites is 2. The molecule has 1 saturated heterocycles. The second-order valence-corrected chi connectivity index (χ2v) is 6.71. The Kier molecular flexibility index (Phi) is 6.52. The van der Waals surface area contributed by atoms with Crippen molar-refractivity contribution < 1.29 is 4.74 Å². The van der Waals surface area contributed by atoms with Crippen LogP contribution in [-0.2, 0) is 6.54 Å². The maximum absolute atomic E-state index is 5.51. The first-order valence-electron chi connectivity index (χ1n) is 9.54. The molecule has 0 aliphatic carbocycles. The number of aromatic nitrogens is 1. The normalized spacial score (nSPS) is 17.1. The number of nitrogens with one attached hydrogen (secondary N) is 2. The van der Waals surface area contributed by atoms with Crippen molar-refractivity contribution >= 4 is 11.6 Å². The molecule has 3 rings (SSSR count). The van der Waals surface area contributed by atoms with Gasteiger partial charge in [0.2, 0.25) is 0 Å². The lowest BCUT2D eigenvalue weighted by atomic mass is 10.2. The number of hydrogen-bond donors (Lipinski definition) is 2. The molecule has 144 valence electrons. The molecule has 1 aliphatic rings. The average Bonchev–Trinajstić information content (AvgIpc) is 3.15. The van der Waals surface area contributed by atoms with Gasteiger partial charge < -0.3 is 20.3 Å². The van der Waals surface area contributed by atoms with E-state index in [1.807, 2.05) is 24.4 Å². The van der Waals surface area contributed by atoms with Crippen LogP contribution in [0.3, 0.4) is 0 Å². The van der Waals surface area contributed by atoms with Crippen LogP contribution in [0, 0.1) is 6.92 Å². The molecule has 1 fully saturated rings. The summed E-state index contributed by atoms with van der Waals surface area (Å²) in [7, 11) is 1.72. The zero-order valence-electron chi connectivity index (χ0n) is 16.4. The summed E-state index contributed by atoms with van der Waals surface area (Å²) in [4.78, 5) is 11.5. The van der Waals surface area contributed by atoms with Crippen molar-refractivity contribution in [3.05, 3.63) is 53.9 Å². The molecule has 27 heavy (non-hydrogen) atoms. The molecule has 0 radical (unpaired) electrons. The number of hydrogen-bond acceptors (Lipinski definition) is 4. The molecular formula is C21H29N5O. The molecule has 2 heterocycles. The third-order valence-electron chi connectivity index (χ3n) is 4.80. The first kappa shape index (κ1) is 19.0. The van der Waals surface area contributed by atoms with Crippen LogP contribution < -0.4 is 20.3 Å². The Morgan fingerprint density at radius 2 is 2.15 bits per heavy atom. The van der Waals surface area contributed by atoms with Crippen LogP contribution in [0.5, 0.6) is 5.75 Å². The fourth-order valence-corrected chi connectivity index (χ4v) is 3.34. The van der Waals surface area contributed by atoms with Crippen LogP contribution >= 0.6 is 0 Å². The quantitative estimate of drug-likeness (QED) is 0.607. The van der Waals surface area contributed by atoms with Crippen molar-refractivity contribution in [1.82, 2.24) is 15.6 Å². The first-order chi connectivity index (χ1) is 13.2. The summed E-state index contributed by atoms with van der Waals surface area (Å²) in [5.74, 6) is 1.76. The minimum Gasteiger partial charge on any atom is -0.495 e. The Labute approximate surface area is 161 Å². The number of ether oxygens (including phenoxy) is 1. The van der Waals surface area contributed by atoms with Crippen LogP contribution in [-0.4, -0.2) is 43.7 Å². The lowest BCUT2D eigenvalue weighted by molar-refractivity contribution is 0.415. The Morgan fingerprint density at radius 1 is 1.30 bits per heavy atom. The van der Waals surface area contributed by atoms with E-state index in [0.29, 0.717) is 12.6 Å². The summed E-state index contributed by atoms with van der Waals surface area (Å²) < 4.78 is 5.51. The molecule has 0 spiro atoms. The van der Waals surface area contributed by atoms with E-state index < -0.39 is 0 Å². The van der Waals surface area contributed by atoms with Crippen LogP contribution in [0.25, 0.3) is 0 Å². The number of pyridine rings is 1. The number of aliphatic imine (C=N–C) groups is 1. The Hall–Kier alpha value is -2.76. The predicted molar refractivity (Wildman–Crippen MR) is 111 cm³/mol. The number of guanidine groups is 1. The Bertz CT molecular complexity index is 777. The number of rotatable bonds is 6. The fourth-order valence-electron chi connectivity index (χ4n) is 3.34. The van der Waals surface area contributed by atoms with Gasteiger partial charge in [-0.1, -0.05) is 18.2 Å². The average molecular weight is 367 g/mol. The molecule has 1 aliphatic heterocycles. The standard InChI is InChI=1S/C21H29N5O/c1-4-22-21(24-14-18-16(2)8-7-12-23-18)25-17-11-13-26(15-17)19-9-5-6-10-20(19)27-3/h5-10,12,17H,4,11,13-15H2,1-3H3,(H2,22,24,25). The van der Waals surface area contributed by atoms with Crippen molar-refractivity contribution in [2.75, 3.05) is 31.6 Å². The minimum atomic E-state index is 0.345. The zero-order chi connectivity index (χ0) is 19.1. The molecule has 1 unspecified atom stereocenters. The van der Waals surface area contributed by atoms with Gasteiger partial charge in [-0.15, -0.1) is 0 Å². The first-order valence-corrected chi connectivity index (χ1v) is 9.54. The van der Waals surface area contributed by atoms with Crippen molar-refractivity contribution in [2.24, 2.45) is 4.99 Å². The number of aryl methyl sites for hydroxylation is 1. The van der Waals surface area contributed by atoms with Gasteiger partial charge in [0.25, 0.3) is 0 Å². The lowest BCUT2D eigenvalue weighted by Gasteiger charge is -2.22. The highest BCUT2D eigenvalue weighted by molar-refractivity contribution is 5.80. The Balaban J connectivity index is 1.64. The molecule has 1 aromatic heterocycles. The number of nitrogens with zero attached hydrogens (tertiary/aromatic N) is 3. The van der Waals surface area contributed by atoms with Gasteiger partial charge in [0.05, 0.1) is 25.0 Å². The van der Waals surface area contributed by atoms with Crippen molar-refractivity contribution in [2.45, 2.75) is 32.9 Å². The largest absolute Gasteiger partial charge is 0.495 e. The molecule has 2 N–H and O–H groups in total. The summed E-state index contributed by atoms with van der Waals surface area (Å²) in [5.41, 5.74) is 3.33. The maximum atomic E-state index is 5.51. The van der Waals surface area contributed by atoms with Gasteiger partial charge in [0.1, 0.15) is 5.75 Å². The van der Waals surface area contributed by atoms with E-state index in [4.69, 9.17) is 9.73 Å². The molecular weight excluding hydrogens is 338 g/mol. The highest BCUT2D eigenvalue weighted by atomic mass is 16.5. The summed E-state index contributed by atoms with van der Waals surface area (Å²) in [6, 6.07) is 12.6. The molecule has 0 saturated carbocycles. The van der Waals surface area contributed by atoms with Gasteiger partial charge in [-0.3, -0.25) is 4.98 Å². The smallest absolute Gasteiger partial charge is 0.191 e. The van der Waals surface area contributed by atoms with Crippen LogP contribution in [0.2, 0.25) is 0 Å². The lowest BCUT2D eigenvalue weighted by Crippen LogP contribution is -2.44. The van der Waals surface area contributed by atoms with E-state index in [9.17, 15) is 0 Å². The maximum Gasteiger partial charge on any atom is 0.191 e. The van der Waals surface area contributed by atoms with Crippen LogP contribution in [0.4, 0.5) is 5.69 Å². The highest BCUT2D eigenvalue weighted by Crippen LogP contribution is 2.30. The highest BCUT2D eigenvalue weighted by Gasteiger charge is 2.25. The molecule has 1 aromatic carbocycles. The SMILES string of the molecule is CCNC(=NCc1ncccc1C)NC1CCN(c2ccccc2OC)C1. The number of anilines is 1. The predicted octanol–water partition coefficient (Wildman–Crippen LogP) is 2.73. The molecule has 6 heteroatoms. The van der Waals surface area contributed by atoms with E-state index in [1.165, 1.54) is 5.56 Å². The molecule has 1 atom stereocenters. The van der Waals surface area contributed by atoms with E-state index in [2.05, 4.69) is 52.6 Å². The molecule has 0 amide bonds. The van der Waals surface area contributed by atoms with Crippen LogP contribution in [0.15, 0.2) is 47.6 Å². The Morgan fingerprint density at radius 3 is 2.93 bits per heavy atom. The topological polar surface area (TPSA) is 61.8 Å². The molecule has 0 bridgehead atoms. The van der Waals surface area contributed by atoms with Crippen molar-refractivity contribution in [3.63, 3.8) is 0 Å². The second kappa shape index (κ2) is 9.26. The summed E-state index contributed by atoms with van der Waals surface area (Å²) in [6.07, 6.45) is 2.88. The van der Waals surface area contributed by atoms with Crippen LogP contribution in [0.1, 0.15) is 24.6 Å². The summed E-state index contributed by atoms with van der Waals surface area (Å²) in [6.45, 7) is 7.48. The second-order valence-electron chi connectivity index (χ2n) is 6.71. The van der Waals surface area contributed by atoms with E-state index in [0.717, 1.165) is 49.1 Å². The minimum absolute atomic E-state index is 0.345. The summed E-state index contributed by atoms with van der Waals surface area (Å²) >= 11 is 0. The zero-order valence-corrected chi connectivity index (χ0v) is 16.4. The van der Waals surface area contributed by atoms with Gasteiger partial charge in [-0.05, 0) is 44.0 Å². The van der Waals surface area contributed by atoms with Gasteiger partial charge in [0, 0.05) is 31.9 Å². The van der Waals surface area contributed by atoms with Crippen molar-refractivity contribution in [3.8, 4) is 5.75 Å². The van der Waals surface area contributed by atoms with Gasteiger partial charge in [0.15, 0.2) is 5.96 Å². The number of methoxy groups -OCH3 is 1. The molecule has 2 aromatic rings. The van der Waals surface area contributed by atoms with E-state index >= 15 is 0 Å². The third-order valence-corrected chi connectivity index (χ3v) is 4.80. The van der Waals surface area contributed by atoms with Gasteiger partial charge in [-0.2, -0.15) is 0 Å². The molecule has 6 nitrogen and oxygen atoms in total. The monoisotopic (exact) mass is 367 g/mol. The van der Waals surface area contributed by atoms with Crippen molar-refractivity contribution in [1.29, 1.82) is 0 Å². The van der Waals surface area contributed by atoms with Gasteiger partial charge in [-0.25, -0.2) is 4.99 Å². The fraction of sp³-hybridized carbons (Fsp3) is 0.429. The van der Waals surface area contributed by atoms with E-state index in [-0.39, 0.29) is 0 Å². The summed E-state index contributed by atoms with van der Waals surface area (Å²) in [5, 5.41) is 6.92. The van der Waals surface area contributed by atoms with E-state index in [1.54, 1.807) is 7.11 Å². The third kappa shape index (κ3) is 4.90. The van der Waals surface area contributed by atoms with Gasteiger partial charge >= 0.3 is 0 Å². The number of benzene rings is 1.